The minimum Gasteiger partial charge on any atom is -0.465 e. The molecule has 0 saturated heterocycles. The van der Waals surface area contributed by atoms with E-state index in [1.807, 2.05) is 45.0 Å². The Bertz CT molecular complexity index is 840. The molecule has 1 unspecified atom stereocenters. The summed E-state index contributed by atoms with van der Waals surface area (Å²) in [5.74, 6) is -0.431. The van der Waals surface area contributed by atoms with E-state index in [1.54, 1.807) is 24.3 Å². The third kappa shape index (κ3) is 4.37. The molecule has 0 radical (unpaired) electrons. The van der Waals surface area contributed by atoms with E-state index in [0.717, 1.165) is 5.56 Å². The predicted molar refractivity (Wildman–Crippen MR) is 108 cm³/mol. The van der Waals surface area contributed by atoms with Gasteiger partial charge >= 0.3 is 5.97 Å². The number of hydrogen-bond acceptors (Lipinski definition) is 4. The highest BCUT2D eigenvalue weighted by molar-refractivity contribution is 7.89. The van der Waals surface area contributed by atoms with Gasteiger partial charge in [-0.05, 0) is 43.2 Å². The lowest BCUT2D eigenvalue weighted by molar-refractivity contribution is 0.0596. The summed E-state index contributed by atoms with van der Waals surface area (Å²) in [7, 11) is -0.119. The summed E-state index contributed by atoms with van der Waals surface area (Å²) in [4.78, 5) is 12.7. The SMILES string of the molecule is C=C(S(=O)c1ccc(C)cc1)[C@](C)(CC)[C@H](O)c1ccc(C(=O)OC)cc1. The van der Waals surface area contributed by atoms with Crippen molar-refractivity contribution in [3.05, 3.63) is 76.7 Å². The van der Waals surface area contributed by atoms with Crippen molar-refractivity contribution in [1.82, 2.24) is 0 Å². The molecule has 27 heavy (non-hydrogen) atoms. The first-order valence-corrected chi connectivity index (χ1v) is 9.93. The van der Waals surface area contributed by atoms with Gasteiger partial charge in [-0.15, -0.1) is 0 Å². The molecule has 2 rings (SSSR count). The minimum absolute atomic E-state index is 0.411. The van der Waals surface area contributed by atoms with E-state index in [1.165, 1.54) is 7.11 Å². The first kappa shape index (κ1) is 21.1. The van der Waals surface area contributed by atoms with E-state index in [9.17, 15) is 14.1 Å². The van der Waals surface area contributed by atoms with Gasteiger partial charge in [-0.1, -0.05) is 50.3 Å². The van der Waals surface area contributed by atoms with E-state index in [4.69, 9.17) is 4.74 Å². The predicted octanol–water partition coefficient (Wildman–Crippen LogP) is 4.55. The highest BCUT2D eigenvalue weighted by Crippen LogP contribution is 2.44. The molecular weight excluding hydrogens is 360 g/mol. The van der Waals surface area contributed by atoms with Crippen molar-refractivity contribution < 1.29 is 18.8 Å². The van der Waals surface area contributed by atoms with E-state index in [2.05, 4.69) is 6.58 Å². The fraction of sp³-hybridized carbons (Fsp3) is 0.318. The van der Waals surface area contributed by atoms with Gasteiger partial charge in [-0.25, -0.2) is 9.00 Å². The van der Waals surface area contributed by atoms with E-state index >= 15 is 0 Å². The first-order valence-electron chi connectivity index (χ1n) is 8.78. The average molecular weight is 387 g/mol. The van der Waals surface area contributed by atoms with Crippen molar-refractivity contribution in [1.29, 1.82) is 0 Å². The number of aliphatic hydroxyl groups excluding tert-OH is 1. The van der Waals surface area contributed by atoms with Crippen LogP contribution in [0.4, 0.5) is 0 Å². The highest BCUT2D eigenvalue weighted by Gasteiger charge is 2.38. The lowest BCUT2D eigenvalue weighted by Crippen LogP contribution is -2.29. The van der Waals surface area contributed by atoms with Crippen molar-refractivity contribution in [3.63, 3.8) is 0 Å². The van der Waals surface area contributed by atoms with Gasteiger partial charge in [0.05, 0.1) is 29.6 Å². The van der Waals surface area contributed by atoms with Gasteiger partial charge in [-0.2, -0.15) is 0 Å². The van der Waals surface area contributed by atoms with Crippen LogP contribution in [0.5, 0.6) is 0 Å². The summed E-state index contributed by atoms with van der Waals surface area (Å²) in [6.45, 7) is 9.83. The lowest BCUT2D eigenvalue weighted by atomic mass is 9.78. The van der Waals surface area contributed by atoms with Crippen LogP contribution in [0.25, 0.3) is 0 Å². The van der Waals surface area contributed by atoms with Gasteiger partial charge < -0.3 is 9.84 Å². The molecule has 0 fully saturated rings. The summed E-state index contributed by atoms with van der Waals surface area (Å²) < 4.78 is 17.7. The van der Waals surface area contributed by atoms with Crippen LogP contribution in [0.3, 0.4) is 0 Å². The number of aryl methyl sites for hydroxylation is 1. The third-order valence-corrected chi connectivity index (χ3v) is 6.70. The largest absolute Gasteiger partial charge is 0.465 e. The Morgan fingerprint density at radius 1 is 1.19 bits per heavy atom. The van der Waals surface area contributed by atoms with Crippen LogP contribution in [-0.2, 0) is 15.5 Å². The molecule has 0 bridgehead atoms. The monoisotopic (exact) mass is 386 g/mol. The maximum atomic E-state index is 13.0. The van der Waals surface area contributed by atoms with Gasteiger partial charge in [0.25, 0.3) is 0 Å². The Balaban J connectivity index is 2.31. The Kier molecular flexibility index (Phi) is 6.73. The molecule has 2 aromatic rings. The zero-order chi connectivity index (χ0) is 20.2. The third-order valence-electron chi connectivity index (χ3n) is 5.08. The zero-order valence-electron chi connectivity index (χ0n) is 16.2. The molecule has 0 aliphatic carbocycles. The summed E-state index contributed by atoms with van der Waals surface area (Å²) in [5, 5.41) is 11.0. The topological polar surface area (TPSA) is 63.6 Å². The second kappa shape index (κ2) is 8.63. The molecule has 0 aromatic heterocycles. The molecule has 0 saturated carbocycles. The van der Waals surface area contributed by atoms with Crippen molar-refractivity contribution in [2.45, 2.75) is 38.2 Å². The van der Waals surface area contributed by atoms with Crippen LogP contribution >= 0.6 is 0 Å². The quantitative estimate of drug-likeness (QED) is 0.709. The molecule has 0 aliphatic rings. The molecule has 0 amide bonds. The van der Waals surface area contributed by atoms with Crippen LogP contribution in [-0.4, -0.2) is 22.4 Å². The molecule has 0 aliphatic heterocycles. The molecule has 5 heteroatoms. The van der Waals surface area contributed by atoms with E-state index < -0.39 is 28.3 Å². The summed E-state index contributed by atoms with van der Waals surface area (Å²) in [5.41, 5.74) is 1.34. The van der Waals surface area contributed by atoms with Crippen LogP contribution in [0.1, 0.15) is 47.9 Å². The molecule has 1 N–H and O–H groups in total. The number of hydrogen-bond donors (Lipinski definition) is 1. The summed E-state index contributed by atoms with van der Waals surface area (Å²) >= 11 is 0. The molecule has 0 heterocycles. The Labute approximate surface area is 163 Å². The minimum atomic E-state index is -1.44. The average Bonchev–Trinajstić information content (AvgIpc) is 2.71. The molecule has 3 atom stereocenters. The molecular formula is C22H26O4S. The van der Waals surface area contributed by atoms with Crippen LogP contribution in [0.15, 0.2) is 64.9 Å². The maximum Gasteiger partial charge on any atom is 0.337 e. The number of rotatable bonds is 7. The van der Waals surface area contributed by atoms with Gasteiger partial charge in [0.1, 0.15) is 0 Å². The van der Waals surface area contributed by atoms with Crippen LogP contribution in [0, 0.1) is 12.3 Å². The number of carbonyl (C=O) groups is 1. The summed E-state index contributed by atoms with van der Waals surface area (Å²) in [6, 6.07) is 14.1. The number of carbonyl (C=O) groups excluding carboxylic acids is 1. The standard InChI is InChI=1S/C22H26O4S/c1-6-22(4,16(3)27(25)19-13-7-15(2)8-14-19)20(23)17-9-11-18(12-10-17)21(24)26-5/h7-14,20,23H,3,6H2,1-2,4-5H3/t20-,22+,27?/m1/s1. The number of aliphatic hydroxyl groups is 1. The van der Waals surface area contributed by atoms with Crippen molar-refractivity contribution in [3.8, 4) is 0 Å². The zero-order valence-corrected chi connectivity index (χ0v) is 17.0. The van der Waals surface area contributed by atoms with Crippen molar-refractivity contribution in [2.24, 2.45) is 5.41 Å². The Hall–Kier alpha value is -2.24. The maximum absolute atomic E-state index is 13.0. The number of benzene rings is 2. The Morgan fingerprint density at radius 3 is 2.22 bits per heavy atom. The van der Waals surface area contributed by atoms with Crippen molar-refractivity contribution in [2.75, 3.05) is 7.11 Å². The summed E-state index contributed by atoms with van der Waals surface area (Å²) in [6.07, 6.45) is -0.348. The Morgan fingerprint density at radius 2 is 1.74 bits per heavy atom. The number of ether oxygens (including phenoxy) is 1. The van der Waals surface area contributed by atoms with Gasteiger partial charge in [-0.3, -0.25) is 0 Å². The molecule has 4 nitrogen and oxygen atoms in total. The second-order valence-electron chi connectivity index (χ2n) is 6.79. The lowest BCUT2D eigenvalue weighted by Gasteiger charge is -2.35. The second-order valence-corrected chi connectivity index (χ2v) is 8.29. The van der Waals surface area contributed by atoms with E-state index in [-0.39, 0.29) is 0 Å². The molecule has 2 aromatic carbocycles. The first-order chi connectivity index (χ1) is 12.7. The van der Waals surface area contributed by atoms with Crippen LogP contribution in [0.2, 0.25) is 0 Å². The molecule has 0 spiro atoms. The normalized spacial score (nSPS) is 15.4. The molecule has 144 valence electrons. The van der Waals surface area contributed by atoms with Gasteiger partial charge in [0.15, 0.2) is 0 Å². The fourth-order valence-electron chi connectivity index (χ4n) is 2.85. The number of esters is 1. The van der Waals surface area contributed by atoms with Gasteiger partial charge in [0, 0.05) is 15.2 Å². The fourth-order valence-corrected chi connectivity index (χ4v) is 4.19. The highest BCUT2D eigenvalue weighted by atomic mass is 32.2. The van der Waals surface area contributed by atoms with Crippen LogP contribution < -0.4 is 0 Å². The number of methoxy groups -OCH3 is 1. The van der Waals surface area contributed by atoms with Crippen molar-refractivity contribution >= 4 is 16.8 Å². The van der Waals surface area contributed by atoms with Gasteiger partial charge in [0.2, 0.25) is 0 Å². The smallest absolute Gasteiger partial charge is 0.337 e. The van der Waals surface area contributed by atoms with E-state index in [0.29, 0.717) is 27.3 Å².